The number of hydrogen-bond acceptors (Lipinski definition) is 5. The molecule has 1 aliphatic rings. The molecule has 1 aromatic rings. The van der Waals surface area contributed by atoms with Gasteiger partial charge in [-0.15, -0.1) is 13.2 Å². The van der Waals surface area contributed by atoms with Crippen LogP contribution in [-0.2, 0) is 14.3 Å². The van der Waals surface area contributed by atoms with Gasteiger partial charge in [0.25, 0.3) is 0 Å². The standard InChI is InChI=1S/C22H26O5/c1-5-9-15(3)21(23)27-20-12-8-7-11-18(20)22(24)25-14-17-13-16(4)19(26-17)10-6-2/h5-8,11-12,15,17,19H,1-2,4,9-10,13-14H2,3H3/t15-,17+,19-/m0/s1. The molecule has 0 saturated carbocycles. The average molecular weight is 370 g/mol. The van der Waals surface area contributed by atoms with Crippen LogP contribution < -0.4 is 4.74 Å². The molecule has 0 aromatic heterocycles. The largest absolute Gasteiger partial charge is 0.459 e. The first-order chi connectivity index (χ1) is 13.0. The van der Waals surface area contributed by atoms with Gasteiger partial charge >= 0.3 is 11.9 Å². The molecule has 0 spiro atoms. The van der Waals surface area contributed by atoms with E-state index in [-0.39, 0.29) is 36.0 Å². The smallest absolute Gasteiger partial charge is 0.342 e. The van der Waals surface area contributed by atoms with Crippen LogP contribution in [0.2, 0.25) is 0 Å². The van der Waals surface area contributed by atoms with Gasteiger partial charge in [0.15, 0.2) is 0 Å². The number of carbonyl (C=O) groups is 2. The van der Waals surface area contributed by atoms with Gasteiger partial charge in [0.1, 0.15) is 17.9 Å². The van der Waals surface area contributed by atoms with E-state index in [0.29, 0.717) is 19.3 Å². The lowest BCUT2D eigenvalue weighted by Crippen LogP contribution is -2.21. The second-order valence-electron chi connectivity index (χ2n) is 6.57. The average Bonchev–Trinajstić information content (AvgIpc) is 3.00. The number of ether oxygens (including phenoxy) is 3. The first kappa shape index (κ1) is 20.6. The molecule has 1 heterocycles. The second kappa shape index (κ2) is 9.88. The van der Waals surface area contributed by atoms with E-state index in [0.717, 1.165) is 5.57 Å². The number of benzene rings is 1. The molecule has 27 heavy (non-hydrogen) atoms. The molecule has 2 rings (SSSR count). The molecule has 1 saturated heterocycles. The normalized spacial score (nSPS) is 20.0. The Bertz CT molecular complexity index is 721. The van der Waals surface area contributed by atoms with Crippen molar-refractivity contribution < 1.29 is 23.8 Å². The van der Waals surface area contributed by atoms with Gasteiger partial charge in [0.2, 0.25) is 0 Å². The first-order valence-electron chi connectivity index (χ1n) is 8.99. The van der Waals surface area contributed by atoms with Crippen LogP contribution in [0, 0.1) is 5.92 Å². The minimum absolute atomic E-state index is 0.0780. The molecule has 0 unspecified atom stereocenters. The first-order valence-corrected chi connectivity index (χ1v) is 8.99. The van der Waals surface area contributed by atoms with Crippen LogP contribution in [0.25, 0.3) is 0 Å². The van der Waals surface area contributed by atoms with Crippen molar-refractivity contribution in [2.45, 2.75) is 38.4 Å². The Morgan fingerprint density at radius 1 is 1.30 bits per heavy atom. The van der Waals surface area contributed by atoms with Crippen LogP contribution in [0.15, 0.2) is 61.7 Å². The van der Waals surface area contributed by atoms with Crippen LogP contribution in [0.3, 0.4) is 0 Å². The Labute approximate surface area is 160 Å². The lowest BCUT2D eigenvalue weighted by atomic mass is 10.1. The summed E-state index contributed by atoms with van der Waals surface area (Å²) in [6, 6.07) is 6.53. The van der Waals surface area contributed by atoms with Crippen LogP contribution >= 0.6 is 0 Å². The SMILES string of the molecule is C=CC[C@@H]1O[C@@H](COC(=O)c2ccccc2OC(=O)[C@@H](C)CC=C)CC1=C. The minimum atomic E-state index is -0.559. The summed E-state index contributed by atoms with van der Waals surface area (Å²) in [5.41, 5.74) is 1.18. The van der Waals surface area contributed by atoms with Crippen LogP contribution in [-0.4, -0.2) is 30.8 Å². The maximum absolute atomic E-state index is 12.5. The predicted molar refractivity (Wildman–Crippen MR) is 104 cm³/mol. The number of carbonyl (C=O) groups excluding carboxylic acids is 2. The molecule has 5 heteroatoms. The van der Waals surface area contributed by atoms with E-state index in [1.807, 2.05) is 0 Å². The Morgan fingerprint density at radius 3 is 2.74 bits per heavy atom. The van der Waals surface area contributed by atoms with Crippen molar-refractivity contribution >= 4 is 11.9 Å². The Morgan fingerprint density at radius 2 is 2.04 bits per heavy atom. The quantitative estimate of drug-likeness (QED) is 0.369. The topological polar surface area (TPSA) is 61.8 Å². The summed E-state index contributed by atoms with van der Waals surface area (Å²) in [7, 11) is 0. The molecule has 3 atom stereocenters. The fourth-order valence-electron chi connectivity index (χ4n) is 2.80. The summed E-state index contributed by atoms with van der Waals surface area (Å²) >= 11 is 0. The van der Waals surface area contributed by atoms with Crippen LogP contribution in [0.5, 0.6) is 5.75 Å². The van der Waals surface area contributed by atoms with Crippen molar-refractivity contribution in [3.63, 3.8) is 0 Å². The van der Waals surface area contributed by atoms with Gasteiger partial charge in [0, 0.05) is 6.42 Å². The van der Waals surface area contributed by atoms with Crippen molar-refractivity contribution in [2.24, 2.45) is 5.92 Å². The van der Waals surface area contributed by atoms with Crippen molar-refractivity contribution in [2.75, 3.05) is 6.61 Å². The molecule has 1 aliphatic heterocycles. The minimum Gasteiger partial charge on any atom is -0.459 e. The summed E-state index contributed by atoms with van der Waals surface area (Å²) in [6.45, 7) is 13.2. The van der Waals surface area contributed by atoms with Crippen molar-refractivity contribution in [1.82, 2.24) is 0 Å². The number of allylic oxidation sites excluding steroid dienone is 1. The van der Waals surface area contributed by atoms with E-state index in [1.165, 1.54) is 0 Å². The van der Waals surface area contributed by atoms with Crippen LogP contribution in [0.1, 0.15) is 36.5 Å². The molecule has 0 amide bonds. The molecular formula is C22H26O5. The maximum Gasteiger partial charge on any atom is 0.342 e. The summed E-state index contributed by atoms with van der Waals surface area (Å²) in [5.74, 6) is -1.13. The summed E-state index contributed by atoms with van der Waals surface area (Å²) in [4.78, 5) is 24.6. The molecule has 0 radical (unpaired) electrons. The van der Waals surface area contributed by atoms with Gasteiger partial charge in [0.05, 0.1) is 18.1 Å². The zero-order valence-electron chi connectivity index (χ0n) is 15.7. The van der Waals surface area contributed by atoms with Gasteiger partial charge < -0.3 is 14.2 Å². The highest BCUT2D eigenvalue weighted by molar-refractivity contribution is 5.93. The summed E-state index contributed by atoms with van der Waals surface area (Å²) in [6.07, 6.45) is 4.95. The summed E-state index contributed by atoms with van der Waals surface area (Å²) in [5, 5.41) is 0. The van der Waals surface area contributed by atoms with Gasteiger partial charge in [-0.05, 0) is 30.5 Å². The van der Waals surface area contributed by atoms with E-state index in [4.69, 9.17) is 14.2 Å². The number of para-hydroxylation sites is 1. The fourth-order valence-corrected chi connectivity index (χ4v) is 2.80. The molecular weight excluding hydrogens is 344 g/mol. The number of rotatable bonds is 9. The Balaban J connectivity index is 1.97. The second-order valence-corrected chi connectivity index (χ2v) is 6.57. The zero-order valence-corrected chi connectivity index (χ0v) is 15.7. The highest BCUT2D eigenvalue weighted by Crippen LogP contribution is 2.28. The third-order valence-electron chi connectivity index (χ3n) is 4.32. The highest BCUT2D eigenvalue weighted by atomic mass is 16.6. The van der Waals surface area contributed by atoms with Crippen molar-refractivity contribution in [1.29, 1.82) is 0 Å². The van der Waals surface area contributed by atoms with E-state index < -0.39 is 11.9 Å². The monoisotopic (exact) mass is 370 g/mol. The zero-order chi connectivity index (χ0) is 19.8. The van der Waals surface area contributed by atoms with E-state index in [9.17, 15) is 9.59 Å². The number of esters is 2. The molecule has 0 N–H and O–H groups in total. The molecule has 0 aliphatic carbocycles. The van der Waals surface area contributed by atoms with E-state index in [1.54, 1.807) is 43.3 Å². The predicted octanol–water partition coefficient (Wildman–Crippen LogP) is 4.25. The molecule has 144 valence electrons. The molecule has 5 nitrogen and oxygen atoms in total. The fraction of sp³-hybridized carbons (Fsp3) is 0.364. The van der Waals surface area contributed by atoms with Crippen LogP contribution in [0.4, 0.5) is 0 Å². The van der Waals surface area contributed by atoms with Crippen molar-refractivity contribution in [3.8, 4) is 5.75 Å². The van der Waals surface area contributed by atoms with Gasteiger partial charge in [-0.3, -0.25) is 4.79 Å². The van der Waals surface area contributed by atoms with Gasteiger partial charge in [-0.25, -0.2) is 4.79 Å². The molecule has 1 aromatic carbocycles. The lowest BCUT2D eigenvalue weighted by molar-refractivity contribution is -0.138. The van der Waals surface area contributed by atoms with Gasteiger partial charge in [-0.1, -0.05) is 37.8 Å². The van der Waals surface area contributed by atoms with E-state index in [2.05, 4.69) is 19.7 Å². The third kappa shape index (κ3) is 5.66. The van der Waals surface area contributed by atoms with Crippen molar-refractivity contribution in [3.05, 3.63) is 67.3 Å². The Kier molecular flexibility index (Phi) is 7.55. The number of hydrogen-bond donors (Lipinski definition) is 0. The van der Waals surface area contributed by atoms with Gasteiger partial charge in [-0.2, -0.15) is 0 Å². The van der Waals surface area contributed by atoms with E-state index >= 15 is 0 Å². The Hall–Kier alpha value is -2.66. The highest BCUT2D eigenvalue weighted by Gasteiger charge is 2.29. The molecule has 1 fully saturated rings. The summed E-state index contributed by atoms with van der Waals surface area (Å²) < 4.78 is 16.6. The maximum atomic E-state index is 12.5. The molecule has 0 bridgehead atoms. The third-order valence-corrected chi connectivity index (χ3v) is 4.32. The lowest BCUT2D eigenvalue weighted by Gasteiger charge is -2.14.